The molecule has 0 unspecified atom stereocenters. The van der Waals surface area contributed by atoms with E-state index in [1.54, 1.807) is 11.8 Å². The van der Waals surface area contributed by atoms with E-state index in [1.807, 2.05) is 0 Å². The number of hydrogen-bond donors (Lipinski definition) is 2. The summed E-state index contributed by atoms with van der Waals surface area (Å²) in [6.45, 7) is 2.27. The first-order chi connectivity index (χ1) is 14.1. The molecule has 6 heteroatoms. The molecule has 0 saturated heterocycles. The van der Waals surface area contributed by atoms with E-state index < -0.39 is 18.2 Å². The maximum atomic E-state index is 11.5. The molecule has 0 aromatic carbocycles. The number of aliphatic hydroxyl groups excluding tert-OH is 2. The van der Waals surface area contributed by atoms with E-state index in [1.165, 1.54) is 90.6 Å². The Labute approximate surface area is 181 Å². The standard InChI is InChI=1S/C23H42O5S/c1-3-4-5-6-7-8-9-10-11-12-13-14-15-16-17-29-18-19(24)21-20(25)22(27-2)23(26)28-21/h19,21,24-25H,3-18H2,1-2H3/t19-,21-/m1/s1. The summed E-state index contributed by atoms with van der Waals surface area (Å²) in [5.74, 6) is 0.175. The molecule has 1 aliphatic rings. The third kappa shape index (κ3) is 11.2. The van der Waals surface area contributed by atoms with Crippen LogP contribution in [0.15, 0.2) is 11.5 Å². The molecule has 170 valence electrons. The fraction of sp³-hybridized carbons (Fsp3) is 0.870. The second-order valence-electron chi connectivity index (χ2n) is 7.98. The van der Waals surface area contributed by atoms with Crippen LogP contribution in [0.25, 0.3) is 0 Å². The van der Waals surface area contributed by atoms with Gasteiger partial charge in [0.25, 0.3) is 0 Å². The summed E-state index contributed by atoms with van der Waals surface area (Å²) in [5, 5.41) is 20.0. The lowest BCUT2D eigenvalue weighted by atomic mass is 10.0. The zero-order valence-electron chi connectivity index (χ0n) is 18.5. The molecule has 0 saturated carbocycles. The van der Waals surface area contributed by atoms with E-state index >= 15 is 0 Å². The first-order valence-corrected chi connectivity index (χ1v) is 12.7. The Morgan fingerprint density at radius 2 is 1.41 bits per heavy atom. The lowest BCUT2D eigenvalue weighted by Crippen LogP contribution is -2.30. The molecular formula is C23H42O5S. The van der Waals surface area contributed by atoms with E-state index in [9.17, 15) is 15.0 Å². The third-order valence-electron chi connectivity index (χ3n) is 5.41. The van der Waals surface area contributed by atoms with Gasteiger partial charge >= 0.3 is 5.97 Å². The fourth-order valence-corrected chi connectivity index (χ4v) is 4.59. The van der Waals surface area contributed by atoms with Crippen LogP contribution in [0, 0.1) is 0 Å². The predicted octanol–water partition coefficient (Wildman–Crippen LogP) is 5.90. The van der Waals surface area contributed by atoms with Crippen LogP contribution in [0.2, 0.25) is 0 Å². The number of rotatable bonds is 19. The predicted molar refractivity (Wildman–Crippen MR) is 120 cm³/mol. The smallest absolute Gasteiger partial charge is 0.378 e. The van der Waals surface area contributed by atoms with Gasteiger partial charge < -0.3 is 19.7 Å². The Hall–Kier alpha value is -0.880. The van der Waals surface area contributed by atoms with Crippen molar-refractivity contribution in [3.05, 3.63) is 11.5 Å². The molecule has 0 aromatic rings. The van der Waals surface area contributed by atoms with Gasteiger partial charge in [0, 0.05) is 5.75 Å². The maximum Gasteiger partial charge on any atom is 0.378 e. The Kier molecular flexibility index (Phi) is 15.2. The van der Waals surface area contributed by atoms with Crippen molar-refractivity contribution in [3.63, 3.8) is 0 Å². The maximum absolute atomic E-state index is 11.5. The minimum atomic E-state index is -0.999. The van der Waals surface area contributed by atoms with E-state index in [4.69, 9.17) is 9.47 Å². The van der Waals surface area contributed by atoms with Crippen molar-refractivity contribution in [2.75, 3.05) is 18.6 Å². The Bertz CT molecular complexity index is 466. The Morgan fingerprint density at radius 3 is 1.86 bits per heavy atom. The van der Waals surface area contributed by atoms with Gasteiger partial charge in [0.05, 0.1) is 7.11 Å². The second kappa shape index (κ2) is 16.9. The molecule has 2 N–H and O–H groups in total. The normalized spacial score (nSPS) is 17.6. The summed E-state index contributed by atoms with van der Waals surface area (Å²) in [7, 11) is 1.30. The molecule has 0 amide bonds. The minimum absolute atomic E-state index is 0.203. The molecule has 1 heterocycles. The monoisotopic (exact) mass is 430 g/mol. The van der Waals surface area contributed by atoms with Crippen molar-refractivity contribution < 1.29 is 24.5 Å². The summed E-state index contributed by atoms with van der Waals surface area (Å²) in [6, 6.07) is 0. The number of carbonyl (C=O) groups excluding carboxylic acids is 1. The number of carbonyl (C=O) groups is 1. The SMILES string of the molecule is CCCCCCCCCCCCCCCCSC[C@@H](O)[C@H]1OC(=O)C(OC)=C1O. The Balaban J connectivity index is 1.87. The minimum Gasteiger partial charge on any atom is -0.505 e. The summed E-state index contributed by atoms with van der Waals surface area (Å²) in [4.78, 5) is 11.5. The molecule has 0 fully saturated rings. The number of esters is 1. The molecule has 0 spiro atoms. The average molecular weight is 431 g/mol. The molecule has 0 aliphatic carbocycles. The summed E-state index contributed by atoms with van der Waals surface area (Å²) in [6.07, 6.45) is 16.9. The zero-order valence-corrected chi connectivity index (χ0v) is 19.3. The lowest BCUT2D eigenvalue weighted by Gasteiger charge is -2.16. The van der Waals surface area contributed by atoms with Gasteiger partial charge in [0.1, 0.15) is 6.10 Å². The average Bonchev–Trinajstić information content (AvgIpc) is 3.00. The van der Waals surface area contributed by atoms with Crippen LogP contribution in [-0.2, 0) is 14.3 Å². The van der Waals surface area contributed by atoms with Crippen molar-refractivity contribution >= 4 is 17.7 Å². The van der Waals surface area contributed by atoms with E-state index in [0.717, 1.165) is 12.2 Å². The number of thioether (sulfide) groups is 1. The Morgan fingerprint density at radius 1 is 0.931 bits per heavy atom. The third-order valence-corrected chi connectivity index (χ3v) is 6.56. The summed E-state index contributed by atoms with van der Waals surface area (Å²) in [5.41, 5.74) is 0. The van der Waals surface area contributed by atoms with Crippen LogP contribution in [0.4, 0.5) is 0 Å². The second-order valence-corrected chi connectivity index (χ2v) is 9.13. The van der Waals surface area contributed by atoms with Crippen LogP contribution >= 0.6 is 11.8 Å². The molecule has 0 aromatic heterocycles. The van der Waals surface area contributed by atoms with Crippen LogP contribution in [0.1, 0.15) is 96.8 Å². The first kappa shape index (κ1) is 26.2. The molecular weight excluding hydrogens is 388 g/mol. The fourth-order valence-electron chi connectivity index (χ4n) is 3.60. The van der Waals surface area contributed by atoms with Crippen molar-refractivity contribution in [3.8, 4) is 0 Å². The van der Waals surface area contributed by atoms with Gasteiger partial charge in [-0.05, 0) is 12.2 Å². The van der Waals surface area contributed by atoms with Crippen molar-refractivity contribution in [1.29, 1.82) is 0 Å². The topological polar surface area (TPSA) is 76.0 Å². The van der Waals surface area contributed by atoms with E-state index in [0.29, 0.717) is 5.75 Å². The van der Waals surface area contributed by atoms with Gasteiger partial charge in [-0.1, -0.05) is 90.4 Å². The van der Waals surface area contributed by atoms with Gasteiger partial charge in [-0.15, -0.1) is 0 Å². The zero-order chi connectivity index (χ0) is 21.3. The number of unbranched alkanes of at least 4 members (excludes halogenated alkanes) is 13. The summed E-state index contributed by atoms with van der Waals surface area (Å²) >= 11 is 1.63. The van der Waals surface area contributed by atoms with Gasteiger partial charge in [0.2, 0.25) is 5.76 Å². The highest BCUT2D eigenvalue weighted by Gasteiger charge is 2.39. The number of hydrogen-bond acceptors (Lipinski definition) is 6. The van der Waals surface area contributed by atoms with Gasteiger partial charge in [0.15, 0.2) is 11.9 Å². The van der Waals surface area contributed by atoms with Crippen LogP contribution < -0.4 is 0 Å². The van der Waals surface area contributed by atoms with Gasteiger partial charge in [-0.25, -0.2) is 4.79 Å². The first-order valence-electron chi connectivity index (χ1n) is 11.6. The summed E-state index contributed by atoms with van der Waals surface area (Å²) < 4.78 is 9.76. The highest BCUT2D eigenvalue weighted by molar-refractivity contribution is 7.99. The van der Waals surface area contributed by atoms with Crippen LogP contribution in [0.3, 0.4) is 0 Å². The molecule has 1 aliphatic heterocycles. The number of aliphatic hydroxyl groups is 2. The van der Waals surface area contributed by atoms with Crippen LogP contribution in [-0.4, -0.2) is 47.0 Å². The molecule has 1 rings (SSSR count). The molecule has 5 nitrogen and oxygen atoms in total. The molecule has 29 heavy (non-hydrogen) atoms. The van der Waals surface area contributed by atoms with E-state index in [-0.39, 0.29) is 11.5 Å². The molecule has 0 radical (unpaired) electrons. The quantitative estimate of drug-likeness (QED) is 0.196. The van der Waals surface area contributed by atoms with Gasteiger partial charge in [-0.2, -0.15) is 11.8 Å². The van der Waals surface area contributed by atoms with Crippen molar-refractivity contribution in [1.82, 2.24) is 0 Å². The van der Waals surface area contributed by atoms with E-state index in [2.05, 4.69) is 6.92 Å². The van der Waals surface area contributed by atoms with Gasteiger partial charge in [-0.3, -0.25) is 0 Å². The van der Waals surface area contributed by atoms with Crippen LogP contribution in [0.5, 0.6) is 0 Å². The lowest BCUT2D eigenvalue weighted by molar-refractivity contribution is -0.146. The highest BCUT2D eigenvalue weighted by Crippen LogP contribution is 2.25. The largest absolute Gasteiger partial charge is 0.505 e. The van der Waals surface area contributed by atoms with Crippen molar-refractivity contribution in [2.45, 2.75) is 109 Å². The number of ether oxygens (including phenoxy) is 2. The molecule has 2 atom stereocenters. The number of cyclic esters (lactones) is 1. The molecule has 0 bridgehead atoms. The van der Waals surface area contributed by atoms with Crippen molar-refractivity contribution in [2.24, 2.45) is 0 Å². The number of methoxy groups -OCH3 is 1. The highest BCUT2D eigenvalue weighted by atomic mass is 32.2.